The van der Waals surface area contributed by atoms with Gasteiger partial charge in [0.15, 0.2) is 0 Å². The van der Waals surface area contributed by atoms with Crippen LogP contribution < -0.4 is 63.8 Å². The fraction of sp³-hybridized carbons (Fsp3) is 0.178. The van der Waals surface area contributed by atoms with Gasteiger partial charge in [0.1, 0.15) is 34.2 Å². The van der Waals surface area contributed by atoms with Crippen molar-refractivity contribution in [2.45, 2.75) is 77.3 Å². The molecule has 0 bridgehead atoms. The molecule has 6 aliphatic heterocycles. The lowest BCUT2D eigenvalue weighted by molar-refractivity contribution is 0.0930. The van der Waals surface area contributed by atoms with Crippen molar-refractivity contribution in [3.8, 4) is 12.3 Å². The molecule has 30 nitrogen and oxygen atoms in total. The number of hydrogen-bond acceptors (Lipinski definition) is 12. The number of aromatic amines is 6. The van der Waals surface area contributed by atoms with Gasteiger partial charge in [-0.05, 0) is 230 Å². The van der Waals surface area contributed by atoms with Crippen LogP contribution in [0.1, 0.15) is 185 Å². The maximum absolute atomic E-state index is 13.1. The highest BCUT2D eigenvalue weighted by atomic mass is 35.5. The van der Waals surface area contributed by atoms with E-state index in [2.05, 4.69) is 99.6 Å². The topological polar surface area (TPSA) is 444 Å². The highest BCUT2D eigenvalue weighted by molar-refractivity contribution is 6.30. The van der Waals surface area contributed by atoms with Crippen molar-refractivity contribution in [3.63, 3.8) is 0 Å². The molecule has 18 N–H and O–H groups in total. The molecule has 0 saturated heterocycles. The van der Waals surface area contributed by atoms with E-state index in [1.54, 1.807) is 60.7 Å². The number of amides is 12. The van der Waals surface area contributed by atoms with E-state index in [9.17, 15) is 57.5 Å². The van der Waals surface area contributed by atoms with Gasteiger partial charge in [0.2, 0.25) is 0 Å². The Hall–Kier alpha value is -17.3. The normalized spacial score (nSPS) is 14.2. The smallest absolute Gasteiger partial charge is 0.272 e. The van der Waals surface area contributed by atoms with Crippen molar-refractivity contribution < 1.29 is 57.5 Å². The van der Waals surface area contributed by atoms with Gasteiger partial charge in [0, 0.05) is 178 Å². The van der Waals surface area contributed by atoms with Crippen LogP contribution in [0.3, 0.4) is 0 Å². The minimum absolute atomic E-state index is 0.0565. The second-order valence-electron chi connectivity index (χ2n) is 34.5. The number of halogens is 1. The third-order valence-corrected chi connectivity index (χ3v) is 25.4. The first-order chi connectivity index (χ1) is 67.1. The number of fused-ring (bicyclic) bond motifs is 2. The van der Waals surface area contributed by atoms with Gasteiger partial charge >= 0.3 is 0 Å². The molecule has 31 heteroatoms. The number of aromatic nitrogens is 6. The molecule has 0 radical (unpaired) electrons. The fourth-order valence-electron chi connectivity index (χ4n) is 18.8. The third kappa shape index (κ3) is 18.2. The maximum atomic E-state index is 13.1. The van der Waals surface area contributed by atoms with Crippen molar-refractivity contribution in [1.29, 1.82) is 0 Å². The number of anilines is 3. The molecule has 0 spiro atoms. The van der Waals surface area contributed by atoms with Crippen molar-refractivity contribution in [2.75, 3.05) is 61.8 Å². The third-order valence-electron chi connectivity index (χ3n) is 25.2. The number of rotatable bonds is 12. The molecule has 12 amide bonds. The first kappa shape index (κ1) is 89.9. The van der Waals surface area contributed by atoms with Crippen molar-refractivity contribution in [2.24, 2.45) is 0 Å². The van der Waals surface area contributed by atoms with E-state index < -0.39 is 0 Å². The van der Waals surface area contributed by atoms with E-state index in [1.807, 2.05) is 172 Å². The van der Waals surface area contributed by atoms with Crippen LogP contribution in [0.15, 0.2) is 218 Å². The number of carbonyl (C=O) groups is 12. The molecule has 138 heavy (non-hydrogen) atoms. The molecule has 12 heterocycles. The molecule has 17 aromatic rings. The zero-order chi connectivity index (χ0) is 95.5. The summed E-state index contributed by atoms with van der Waals surface area (Å²) in [5.74, 6) is 0.771. The number of benzene rings is 11. The minimum Gasteiger partial charge on any atom is -0.352 e. The van der Waals surface area contributed by atoms with Crippen molar-refractivity contribution in [1.82, 2.24) is 77.8 Å². The van der Waals surface area contributed by atoms with Crippen molar-refractivity contribution in [3.05, 3.63) is 324 Å². The van der Waals surface area contributed by atoms with Crippen LogP contribution in [0.2, 0.25) is 5.02 Å². The lowest BCUT2D eigenvalue weighted by Crippen LogP contribution is -2.31. The monoisotopic (exact) mass is 1860 g/mol. The zero-order valence-electron chi connectivity index (χ0n) is 74.9. The Labute approximate surface area is 792 Å². The summed E-state index contributed by atoms with van der Waals surface area (Å²) in [5.41, 5.74) is 19.3. The first-order valence-corrected chi connectivity index (χ1v) is 46.0. The summed E-state index contributed by atoms with van der Waals surface area (Å²) >= 11 is 5.87. The standard InChI is InChI=1S/2C22H17N3O2.C18H14ClN3O2.C15H15N3O2.C15H17N3O2.C15H13N3O2/c26-21-16-8-4-10-18-19(16)15(11-12-23-21)20(24-18)22(27)25-17-9-3-6-13-5-1-2-7-14(13)17;26-21-17-6-3-7-18-19(17)16(10-11-23-21)20(25-18)22(27)24-15-9-8-13-4-1-2-5-14(13)12-15;19-10-4-6-11(7-5-10)21-18(24)16-12-8-9-20-17(23)13-2-1-3-14(22-16)15(12)13;19-14-10-2-1-3-11-12(10)9(6-7-16-14)13(18-11)15(20)17-8-4-5-8;1-8(2)17-15(20)13-9-6-7-16-14(19)10-4-3-5-11(18-13)12(9)10;1-2-7-16-15(20)13-9-6-8-17-14(19)10-4-3-5-11(18-13)12(9)10/h1-10,24H,11-12H2,(H,23,26)(H,25,27);1-9,12,25H,10-11H2,(H,23,26)(H,24,27);1-7,22H,8-9H2,(H,20,23)(H,21,24);1-3,8,18H,4-7H2,(H,16,19)(H,17,20);3-5,8,18H,6-7H2,1-2H3,(H,16,19)(H,17,20);1,3-5,18H,6-8H2,(H,16,20)(H,17,19). The molecule has 6 aromatic heterocycles. The molecule has 24 rings (SSSR count). The molecule has 0 unspecified atom stereocenters. The minimum atomic E-state index is -0.241. The van der Waals surface area contributed by atoms with Crippen LogP contribution in [0.25, 0.3) is 87.0 Å². The second-order valence-corrected chi connectivity index (χ2v) is 34.9. The summed E-state index contributed by atoms with van der Waals surface area (Å²) in [4.78, 5) is 167. The lowest BCUT2D eigenvalue weighted by Gasteiger charge is -2.09. The summed E-state index contributed by atoms with van der Waals surface area (Å²) in [6.07, 6.45) is 11.0. The molecule has 0 atom stereocenters. The van der Waals surface area contributed by atoms with Gasteiger partial charge in [-0.15, -0.1) is 6.42 Å². The number of hydrogen-bond donors (Lipinski definition) is 18. The Balaban J connectivity index is 0.000000106. The Bertz CT molecular complexity index is 7830. The summed E-state index contributed by atoms with van der Waals surface area (Å²) in [6.45, 7) is 7.16. The summed E-state index contributed by atoms with van der Waals surface area (Å²) < 4.78 is 0. The Morgan fingerprint density at radius 2 is 0.652 bits per heavy atom. The summed E-state index contributed by atoms with van der Waals surface area (Å²) in [7, 11) is 0. The van der Waals surface area contributed by atoms with E-state index in [0.29, 0.717) is 162 Å². The van der Waals surface area contributed by atoms with Crippen LogP contribution in [-0.2, 0) is 38.5 Å². The number of H-pyrrole nitrogens is 6. The van der Waals surface area contributed by atoms with E-state index in [-0.39, 0.29) is 83.5 Å². The predicted octanol–water partition coefficient (Wildman–Crippen LogP) is 14.8. The molecule has 7 aliphatic rings. The fourth-order valence-corrected chi connectivity index (χ4v) is 18.9. The van der Waals surface area contributed by atoms with Crippen LogP contribution in [0.5, 0.6) is 0 Å². The molecular weight excluding hydrogens is 1760 g/mol. The predicted molar refractivity (Wildman–Crippen MR) is 533 cm³/mol. The van der Waals surface area contributed by atoms with Gasteiger partial charge in [-0.2, -0.15) is 0 Å². The Morgan fingerprint density at radius 1 is 0.341 bits per heavy atom. The molecule has 1 saturated carbocycles. The molecule has 11 aromatic carbocycles. The van der Waals surface area contributed by atoms with E-state index in [0.717, 1.165) is 145 Å². The summed E-state index contributed by atoms with van der Waals surface area (Å²) in [6, 6.07) is 68.0. The van der Waals surface area contributed by atoms with Crippen LogP contribution in [0, 0.1) is 12.3 Å². The average molecular weight is 1860 g/mol. The quantitative estimate of drug-likeness (QED) is 0.0508. The van der Waals surface area contributed by atoms with Crippen molar-refractivity contribution >= 4 is 187 Å². The van der Waals surface area contributed by atoms with Gasteiger partial charge in [0.25, 0.3) is 70.9 Å². The van der Waals surface area contributed by atoms with Gasteiger partial charge < -0.3 is 93.7 Å². The van der Waals surface area contributed by atoms with Crippen LogP contribution in [0.4, 0.5) is 17.1 Å². The van der Waals surface area contributed by atoms with E-state index in [1.165, 1.54) is 0 Å². The summed E-state index contributed by atoms with van der Waals surface area (Å²) in [5, 5.41) is 44.6. The second kappa shape index (κ2) is 38.7. The first-order valence-electron chi connectivity index (χ1n) is 45.6. The van der Waals surface area contributed by atoms with Crippen LogP contribution in [-0.4, -0.2) is 159 Å². The molecule has 1 aliphatic carbocycles. The molecular formula is C107H93ClN18O12. The number of terminal acetylenes is 1. The number of nitrogens with one attached hydrogen (secondary N) is 18. The average Bonchev–Trinajstić information content (AvgIpc) is 1.64. The maximum Gasteiger partial charge on any atom is 0.272 e. The Kier molecular flexibility index (Phi) is 25.2. The molecule has 690 valence electrons. The lowest BCUT2D eigenvalue weighted by atomic mass is 10.0. The van der Waals surface area contributed by atoms with Gasteiger partial charge in [-0.1, -0.05) is 121 Å². The van der Waals surface area contributed by atoms with Gasteiger partial charge in [0.05, 0.1) is 6.54 Å². The SMILES string of the molecule is C#CCNC(=O)c1[nH]c2cccc3c2c1CCNC3=O.CC(C)NC(=O)c1[nH]c2cccc3c2c1CCNC3=O.O=C(NC1CC1)c1[nH]c2cccc3c2c1CCNC3=O.O=C(Nc1ccc(Cl)cc1)c1[nH]c2cccc3c2c1CCNC3=O.O=C(Nc1ccc2ccccc2c1)c1[nH]c2cccc3c2c1CCNC3=O.O=C(Nc1cccc2ccccc12)c1[nH]c2cccc3c2c1CCNC3=O. The van der Waals surface area contributed by atoms with E-state index >= 15 is 0 Å². The highest BCUT2D eigenvalue weighted by Crippen LogP contribution is 2.37. The van der Waals surface area contributed by atoms with Gasteiger partial charge in [-0.25, -0.2) is 0 Å². The zero-order valence-corrected chi connectivity index (χ0v) is 75.7. The highest BCUT2D eigenvalue weighted by Gasteiger charge is 2.34. The van der Waals surface area contributed by atoms with Gasteiger partial charge in [-0.3, -0.25) is 57.5 Å². The Morgan fingerprint density at radius 3 is 1.02 bits per heavy atom. The number of carbonyl (C=O) groups excluding carboxylic acids is 12. The largest absolute Gasteiger partial charge is 0.352 e. The van der Waals surface area contributed by atoms with Crippen LogP contribution >= 0.6 is 11.6 Å². The van der Waals surface area contributed by atoms with E-state index in [4.69, 9.17) is 18.0 Å². The molecule has 1 fully saturated rings.